The summed E-state index contributed by atoms with van der Waals surface area (Å²) in [5.74, 6) is 1.09. The van der Waals surface area contributed by atoms with E-state index < -0.39 is 0 Å². The van der Waals surface area contributed by atoms with Gasteiger partial charge in [0.25, 0.3) is 0 Å². The van der Waals surface area contributed by atoms with E-state index in [4.69, 9.17) is 33.9 Å². The van der Waals surface area contributed by atoms with Crippen LogP contribution < -0.4 is 5.73 Å². The average molecular weight is 334 g/mol. The number of nitrogens with two attached hydrogens (primary N) is 1. The number of aromatic nitrogens is 2. The smallest absolute Gasteiger partial charge is 0.114 e. The minimum Gasteiger partial charge on any atom is -0.331 e. The zero-order chi connectivity index (χ0) is 15.7. The number of aryl methyl sites for hydroxylation is 1. The molecule has 0 aliphatic heterocycles. The van der Waals surface area contributed by atoms with Gasteiger partial charge < -0.3 is 10.3 Å². The molecule has 1 atom stereocenters. The first kappa shape index (κ1) is 15.3. The Balaban J connectivity index is 1.97. The Morgan fingerprint density at radius 3 is 2.64 bits per heavy atom. The molecule has 0 aliphatic rings. The van der Waals surface area contributed by atoms with Gasteiger partial charge in [-0.15, -0.1) is 0 Å². The molecule has 1 aromatic heterocycles. The van der Waals surface area contributed by atoms with E-state index in [2.05, 4.69) is 10.6 Å². The standard InChI is InChI=1S/C17H17Cl2N3/c1-22-16-5-3-2-4-15(16)21-17(22)12(10-20)8-11-6-7-13(18)9-14(11)19/h2-7,9,12H,8,10,20H2,1H3. The molecule has 3 rings (SSSR count). The highest BCUT2D eigenvalue weighted by Crippen LogP contribution is 2.28. The van der Waals surface area contributed by atoms with E-state index >= 15 is 0 Å². The minimum absolute atomic E-state index is 0.107. The van der Waals surface area contributed by atoms with Crippen LogP contribution in [0.4, 0.5) is 0 Å². The summed E-state index contributed by atoms with van der Waals surface area (Å²) in [6.45, 7) is 0.510. The van der Waals surface area contributed by atoms with Crippen molar-refractivity contribution >= 4 is 34.2 Å². The van der Waals surface area contributed by atoms with Gasteiger partial charge >= 0.3 is 0 Å². The third-order valence-electron chi connectivity index (χ3n) is 3.95. The first-order valence-corrected chi connectivity index (χ1v) is 7.91. The topological polar surface area (TPSA) is 43.8 Å². The van der Waals surface area contributed by atoms with Crippen molar-refractivity contribution < 1.29 is 0 Å². The summed E-state index contributed by atoms with van der Waals surface area (Å²) in [5.41, 5.74) is 9.13. The third-order valence-corrected chi connectivity index (χ3v) is 4.54. The highest BCUT2D eigenvalue weighted by atomic mass is 35.5. The molecule has 3 nitrogen and oxygen atoms in total. The second-order valence-corrected chi connectivity index (χ2v) is 6.23. The molecule has 5 heteroatoms. The lowest BCUT2D eigenvalue weighted by atomic mass is 9.98. The summed E-state index contributed by atoms with van der Waals surface area (Å²) in [4.78, 5) is 4.74. The predicted molar refractivity (Wildman–Crippen MR) is 92.7 cm³/mol. The number of para-hydroxylation sites is 2. The first-order chi connectivity index (χ1) is 10.6. The Kier molecular flexibility index (Phi) is 4.39. The van der Waals surface area contributed by atoms with Gasteiger partial charge in [-0.1, -0.05) is 41.4 Å². The van der Waals surface area contributed by atoms with Gasteiger partial charge in [0.2, 0.25) is 0 Å². The molecule has 0 amide bonds. The summed E-state index contributed by atoms with van der Waals surface area (Å²) < 4.78 is 2.11. The van der Waals surface area contributed by atoms with E-state index in [0.717, 1.165) is 28.8 Å². The Labute approximate surface area is 139 Å². The van der Waals surface area contributed by atoms with Crippen molar-refractivity contribution in [3.05, 3.63) is 63.9 Å². The predicted octanol–water partition coefficient (Wildman–Crippen LogP) is 4.17. The highest BCUT2D eigenvalue weighted by molar-refractivity contribution is 6.35. The monoisotopic (exact) mass is 333 g/mol. The van der Waals surface area contributed by atoms with Gasteiger partial charge in [-0.05, 0) is 36.2 Å². The molecule has 0 radical (unpaired) electrons. The fourth-order valence-electron chi connectivity index (χ4n) is 2.76. The summed E-state index contributed by atoms with van der Waals surface area (Å²) >= 11 is 12.2. The third kappa shape index (κ3) is 2.84. The highest BCUT2D eigenvalue weighted by Gasteiger charge is 2.19. The lowest BCUT2D eigenvalue weighted by molar-refractivity contribution is 0.623. The maximum absolute atomic E-state index is 6.28. The molecule has 1 heterocycles. The van der Waals surface area contributed by atoms with Gasteiger partial charge in [0.05, 0.1) is 11.0 Å². The van der Waals surface area contributed by atoms with Crippen molar-refractivity contribution in [3.63, 3.8) is 0 Å². The van der Waals surface area contributed by atoms with Crippen LogP contribution in [0.15, 0.2) is 42.5 Å². The Morgan fingerprint density at radius 2 is 1.95 bits per heavy atom. The lowest BCUT2D eigenvalue weighted by Gasteiger charge is -2.16. The number of rotatable bonds is 4. The number of benzene rings is 2. The molecule has 0 aliphatic carbocycles. The van der Waals surface area contributed by atoms with Crippen LogP contribution in [0.5, 0.6) is 0 Å². The van der Waals surface area contributed by atoms with Crippen LogP contribution in [0.1, 0.15) is 17.3 Å². The summed E-state index contributed by atoms with van der Waals surface area (Å²) in [7, 11) is 2.02. The Bertz CT molecular complexity index is 811. The number of nitrogens with zero attached hydrogens (tertiary/aromatic N) is 2. The molecule has 2 N–H and O–H groups in total. The molecule has 0 bridgehead atoms. The Morgan fingerprint density at radius 1 is 1.18 bits per heavy atom. The first-order valence-electron chi connectivity index (χ1n) is 7.15. The van der Waals surface area contributed by atoms with Crippen molar-refractivity contribution in [2.24, 2.45) is 12.8 Å². The molecule has 0 spiro atoms. The second kappa shape index (κ2) is 6.29. The van der Waals surface area contributed by atoms with Crippen molar-refractivity contribution in [1.82, 2.24) is 9.55 Å². The number of fused-ring (bicyclic) bond motifs is 1. The van der Waals surface area contributed by atoms with Gasteiger partial charge in [-0.25, -0.2) is 4.98 Å². The molecule has 0 fully saturated rings. The van der Waals surface area contributed by atoms with Crippen molar-refractivity contribution in [2.45, 2.75) is 12.3 Å². The number of hydrogen-bond acceptors (Lipinski definition) is 2. The van der Waals surface area contributed by atoms with Crippen LogP contribution in [0.2, 0.25) is 10.0 Å². The fourth-order valence-corrected chi connectivity index (χ4v) is 3.25. The minimum atomic E-state index is 0.107. The average Bonchev–Trinajstić information content (AvgIpc) is 2.84. The molecule has 2 aromatic carbocycles. The number of hydrogen-bond donors (Lipinski definition) is 1. The summed E-state index contributed by atoms with van der Waals surface area (Å²) in [6, 6.07) is 13.7. The van der Waals surface area contributed by atoms with Crippen LogP contribution in [0, 0.1) is 0 Å². The molecular formula is C17H17Cl2N3. The van der Waals surface area contributed by atoms with Gasteiger partial charge in [0.15, 0.2) is 0 Å². The lowest BCUT2D eigenvalue weighted by Crippen LogP contribution is -2.19. The summed E-state index contributed by atoms with van der Waals surface area (Å²) in [6.07, 6.45) is 0.740. The van der Waals surface area contributed by atoms with E-state index in [1.165, 1.54) is 0 Å². The molecular weight excluding hydrogens is 317 g/mol. The van der Waals surface area contributed by atoms with Crippen molar-refractivity contribution in [3.8, 4) is 0 Å². The van der Waals surface area contributed by atoms with Crippen molar-refractivity contribution in [2.75, 3.05) is 6.54 Å². The van der Waals surface area contributed by atoms with Crippen molar-refractivity contribution in [1.29, 1.82) is 0 Å². The quantitative estimate of drug-likeness (QED) is 0.778. The summed E-state index contributed by atoms with van der Waals surface area (Å²) in [5, 5.41) is 1.31. The maximum Gasteiger partial charge on any atom is 0.114 e. The molecule has 0 saturated carbocycles. The maximum atomic E-state index is 6.28. The van der Waals surface area contributed by atoms with Gasteiger partial charge in [-0.2, -0.15) is 0 Å². The zero-order valence-corrected chi connectivity index (χ0v) is 13.8. The second-order valence-electron chi connectivity index (χ2n) is 5.39. The number of imidazole rings is 1. The van der Waals surface area contributed by atoms with E-state index in [1.807, 2.05) is 37.4 Å². The normalized spacial score (nSPS) is 12.7. The molecule has 0 saturated heterocycles. The molecule has 1 unspecified atom stereocenters. The largest absolute Gasteiger partial charge is 0.331 e. The van der Waals surface area contributed by atoms with Crippen LogP contribution in [0.25, 0.3) is 11.0 Å². The Hall–Kier alpha value is -1.55. The van der Waals surface area contributed by atoms with E-state index in [0.29, 0.717) is 16.6 Å². The van der Waals surface area contributed by atoms with Crippen LogP contribution >= 0.6 is 23.2 Å². The van der Waals surface area contributed by atoms with E-state index in [9.17, 15) is 0 Å². The fraction of sp³-hybridized carbons (Fsp3) is 0.235. The van der Waals surface area contributed by atoms with E-state index in [-0.39, 0.29) is 5.92 Å². The molecule has 3 aromatic rings. The molecule has 114 valence electrons. The zero-order valence-electron chi connectivity index (χ0n) is 12.3. The van der Waals surface area contributed by atoms with E-state index in [1.54, 1.807) is 6.07 Å². The van der Waals surface area contributed by atoms with Gasteiger partial charge in [0, 0.05) is 29.6 Å². The number of halogens is 2. The van der Waals surface area contributed by atoms with Crippen LogP contribution in [-0.2, 0) is 13.5 Å². The SMILES string of the molecule is Cn1c(C(CN)Cc2ccc(Cl)cc2Cl)nc2ccccc21. The van der Waals surface area contributed by atoms with Crippen LogP contribution in [-0.4, -0.2) is 16.1 Å². The van der Waals surface area contributed by atoms with Gasteiger partial charge in [0.1, 0.15) is 5.82 Å². The molecule has 22 heavy (non-hydrogen) atoms. The van der Waals surface area contributed by atoms with Crippen LogP contribution in [0.3, 0.4) is 0 Å². The van der Waals surface area contributed by atoms with Gasteiger partial charge in [-0.3, -0.25) is 0 Å².